The predicted molar refractivity (Wildman–Crippen MR) is 102 cm³/mol. The summed E-state index contributed by atoms with van der Waals surface area (Å²) in [5.74, 6) is -0.169. The van der Waals surface area contributed by atoms with E-state index in [4.69, 9.17) is 5.73 Å². The van der Waals surface area contributed by atoms with Crippen LogP contribution in [0.1, 0.15) is 56.5 Å². The third-order valence-electron chi connectivity index (χ3n) is 4.37. The van der Waals surface area contributed by atoms with Crippen LogP contribution in [0.2, 0.25) is 0 Å². The maximum Gasteiger partial charge on any atom is 0.251 e. The van der Waals surface area contributed by atoms with E-state index in [1.165, 1.54) is 0 Å². The topological polar surface area (TPSA) is 84.2 Å². The third-order valence-corrected chi connectivity index (χ3v) is 4.37. The average Bonchev–Trinajstić information content (AvgIpc) is 2.48. The quantitative estimate of drug-likeness (QED) is 0.701. The number of anilines is 1. The molecule has 5 nitrogen and oxygen atoms in total. The molecule has 136 valence electrons. The van der Waals surface area contributed by atoms with E-state index in [9.17, 15) is 9.59 Å². The van der Waals surface area contributed by atoms with Gasteiger partial charge in [-0.25, -0.2) is 0 Å². The molecule has 0 heterocycles. The molecule has 0 aliphatic rings. The maximum atomic E-state index is 12.5. The summed E-state index contributed by atoms with van der Waals surface area (Å²) in [6, 6.07) is 5.40. The van der Waals surface area contributed by atoms with Gasteiger partial charge in [0.15, 0.2) is 0 Å². The van der Waals surface area contributed by atoms with Crippen molar-refractivity contribution in [3.8, 4) is 0 Å². The molecule has 0 saturated heterocycles. The van der Waals surface area contributed by atoms with Gasteiger partial charge in [0.1, 0.15) is 0 Å². The lowest BCUT2D eigenvalue weighted by atomic mass is 9.81. The van der Waals surface area contributed by atoms with Crippen molar-refractivity contribution in [2.24, 2.45) is 11.1 Å². The smallest absolute Gasteiger partial charge is 0.251 e. The number of halogens is 1. The molecular formula is C18H30ClN3O2. The van der Waals surface area contributed by atoms with Crippen molar-refractivity contribution in [1.29, 1.82) is 0 Å². The standard InChI is InChI=1S/C18H29N3O2.ClH/c1-6-18(7-2,11-19)17(23)21-14-8-9-15(13(5)10-14)16(22)20-12(3)4;/h8-10,12H,6-7,11,19H2,1-5H3,(H,20,22)(H,21,23);1H. The molecule has 4 N–H and O–H groups in total. The molecule has 24 heavy (non-hydrogen) atoms. The highest BCUT2D eigenvalue weighted by Crippen LogP contribution is 2.27. The number of amides is 2. The van der Waals surface area contributed by atoms with Gasteiger partial charge >= 0.3 is 0 Å². The lowest BCUT2D eigenvalue weighted by molar-refractivity contribution is -0.125. The van der Waals surface area contributed by atoms with Crippen LogP contribution < -0.4 is 16.4 Å². The zero-order valence-electron chi connectivity index (χ0n) is 15.2. The van der Waals surface area contributed by atoms with Gasteiger partial charge in [-0.2, -0.15) is 0 Å². The molecule has 0 bridgehead atoms. The molecule has 0 saturated carbocycles. The Morgan fingerprint density at radius 2 is 1.79 bits per heavy atom. The predicted octanol–water partition coefficient (Wildman–Crippen LogP) is 3.26. The first-order valence-corrected chi connectivity index (χ1v) is 8.22. The van der Waals surface area contributed by atoms with Gasteiger partial charge in [0, 0.05) is 23.8 Å². The second-order valence-electron chi connectivity index (χ2n) is 6.30. The minimum absolute atomic E-state index is 0. The first-order chi connectivity index (χ1) is 10.8. The van der Waals surface area contributed by atoms with Crippen LogP contribution in [0, 0.1) is 12.3 Å². The number of nitrogens with one attached hydrogen (secondary N) is 2. The van der Waals surface area contributed by atoms with Gasteiger partial charge < -0.3 is 16.4 Å². The zero-order chi connectivity index (χ0) is 17.6. The van der Waals surface area contributed by atoms with E-state index in [2.05, 4.69) is 10.6 Å². The number of carbonyl (C=O) groups is 2. The lowest BCUT2D eigenvalue weighted by Crippen LogP contribution is -2.41. The van der Waals surface area contributed by atoms with Crippen molar-refractivity contribution in [2.75, 3.05) is 11.9 Å². The fraction of sp³-hybridized carbons (Fsp3) is 0.556. The lowest BCUT2D eigenvalue weighted by Gasteiger charge is -2.28. The minimum atomic E-state index is -0.540. The Labute approximate surface area is 151 Å². The molecule has 0 atom stereocenters. The summed E-state index contributed by atoms with van der Waals surface area (Å²) in [5, 5.41) is 5.80. The Hall–Kier alpha value is -1.59. The molecule has 2 amide bonds. The van der Waals surface area contributed by atoms with Crippen LogP contribution in [-0.4, -0.2) is 24.4 Å². The van der Waals surface area contributed by atoms with E-state index in [0.717, 1.165) is 5.56 Å². The summed E-state index contributed by atoms with van der Waals surface area (Å²) < 4.78 is 0. The summed E-state index contributed by atoms with van der Waals surface area (Å²) >= 11 is 0. The molecule has 0 spiro atoms. The Kier molecular flexibility index (Phi) is 9.01. The summed E-state index contributed by atoms with van der Waals surface area (Å²) in [4.78, 5) is 24.6. The van der Waals surface area contributed by atoms with Crippen LogP contribution in [-0.2, 0) is 4.79 Å². The third kappa shape index (κ3) is 5.21. The van der Waals surface area contributed by atoms with Crippen LogP contribution in [0.25, 0.3) is 0 Å². The molecule has 1 rings (SSSR count). The van der Waals surface area contributed by atoms with Crippen molar-refractivity contribution in [1.82, 2.24) is 5.32 Å². The summed E-state index contributed by atoms with van der Waals surface area (Å²) in [6.07, 6.45) is 1.39. The average molecular weight is 356 g/mol. The van der Waals surface area contributed by atoms with Crippen molar-refractivity contribution in [2.45, 2.75) is 53.5 Å². The van der Waals surface area contributed by atoms with Crippen LogP contribution in [0.4, 0.5) is 5.69 Å². The van der Waals surface area contributed by atoms with Crippen LogP contribution >= 0.6 is 12.4 Å². The molecule has 0 aliphatic carbocycles. The first-order valence-electron chi connectivity index (χ1n) is 8.22. The second-order valence-corrected chi connectivity index (χ2v) is 6.30. The van der Waals surface area contributed by atoms with Gasteiger partial charge in [-0.05, 0) is 57.4 Å². The first kappa shape index (κ1) is 22.4. The van der Waals surface area contributed by atoms with E-state index in [1.54, 1.807) is 12.1 Å². The van der Waals surface area contributed by atoms with E-state index in [1.807, 2.05) is 40.7 Å². The summed E-state index contributed by atoms with van der Waals surface area (Å²) in [5.41, 5.74) is 7.40. The van der Waals surface area contributed by atoms with Crippen molar-refractivity contribution in [3.05, 3.63) is 29.3 Å². The molecule has 0 aliphatic heterocycles. The van der Waals surface area contributed by atoms with Crippen LogP contribution in [0.3, 0.4) is 0 Å². The number of aryl methyl sites for hydroxylation is 1. The summed E-state index contributed by atoms with van der Waals surface area (Å²) in [6.45, 7) is 9.97. The molecule has 0 aromatic heterocycles. The Balaban J connectivity index is 0.00000529. The minimum Gasteiger partial charge on any atom is -0.350 e. The Morgan fingerprint density at radius 3 is 2.21 bits per heavy atom. The van der Waals surface area contributed by atoms with E-state index in [-0.39, 0.29) is 30.3 Å². The second kappa shape index (κ2) is 9.64. The normalized spacial score (nSPS) is 11.0. The van der Waals surface area contributed by atoms with Gasteiger partial charge in [0.25, 0.3) is 5.91 Å². The molecule has 0 radical (unpaired) electrons. The Morgan fingerprint density at radius 1 is 1.21 bits per heavy atom. The zero-order valence-corrected chi connectivity index (χ0v) is 16.0. The largest absolute Gasteiger partial charge is 0.350 e. The van der Waals surface area contributed by atoms with Crippen molar-refractivity contribution < 1.29 is 9.59 Å². The van der Waals surface area contributed by atoms with Crippen LogP contribution in [0.15, 0.2) is 18.2 Å². The molecule has 6 heteroatoms. The van der Waals surface area contributed by atoms with Crippen molar-refractivity contribution >= 4 is 29.9 Å². The summed E-state index contributed by atoms with van der Waals surface area (Å²) in [7, 11) is 0. The maximum absolute atomic E-state index is 12.5. The van der Waals surface area contributed by atoms with E-state index >= 15 is 0 Å². The number of benzene rings is 1. The number of rotatable bonds is 7. The van der Waals surface area contributed by atoms with Gasteiger partial charge in [0.2, 0.25) is 5.91 Å². The van der Waals surface area contributed by atoms with Gasteiger partial charge in [-0.1, -0.05) is 13.8 Å². The fourth-order valence-electron chi connectivity index (χ4n) is 2.55. The molecule has 0 unspecified atom stereocenters. The highest BCUT2D eigenvalue weighted by molar-refractivity contribution is 5.98. The van der Waals surface area contributed by atoms with Gasteiger partial charge in [-0.15, -0.1) is 12.4 Å². The monoisotopic (exact) mass is 355 g/mol. The fourth-order valence-corrected chi connectivity index (χ4v) is 2.55. The SMILES string of the molecule is CCC(CC)(CN)C(=O)Nc1ccc(C(=O)NC(C)C)c(C)c1.Cl. The number of hydrogen-bond acceptors (Lipinski definition) is 3. The highest BCUT2D eigenvalue weighted by Gasteiger charge is 2.33. The molecule has 1 aromatic rings. The van der Waals surface area contributed by atoms with E-state index in [0.29, 0.717) is 30.6 Å². The molecular weight excluding hydrogens is 326 g/mol. The van der Waals surface area contributed by atoms with Crippen molar-refractivity contribution in [3.63, 3.8) is 0 Å². The van der Waals surface area contributed by atoms with Crippen LogP contribution in [0.5, 0.6) is 0 Å². The van der Waals surface area contributed by atoms with Gasteiger partial charge in [-0.3, -0.25) is 9.59 Å². The number of carbonyl (C=O) groups excluding carboxylic acids is 2. The highest BCUT2D eigenvalue weighted by atomic mass is 35.5. The Bertz CT molecular complexity index is 561. The number of nitrogens with two attached hydrogens (primary N) is 1. The number of hydrogen-bond donors (Lipinski definition) is 3. The van der Waals surface area contributed by atoms with E-state index < -0.39 is 5.41 Å². The molecule has 0 fully saturated rings. The molecule has 1 aromatic carbocycles. The van der Waals surface area contributed by atoms with Gasteiger partial charge in [0.05, 0.1) is 5.41 Å².